The van der Waals surface area contributed by atoms with E-state index in [1.807, 2.05) is 0 Å². The van der Waals surface area contributed by atoms with Crippen LogP contribution in [0.1, 0.15) is 12.5 Å². The summed E-state index contributed by atoms with van der Waals surface area (Å²) in [6.07, 6.45) is 0. The van der Waals surface area contributed by atoms with Crippen molar-refractivity contribution in [2.45, 2.75) is 6.92 Å². The summed E-state index contributed by atoms with van der Waals surface area (Å²) in [5, 5.41) is 25.7. The van der Waals surface area contributed by atoms with Crippen LogP contribution in [0.5, 0.6) is 11.5 Å². The molecule has 3 N–H and O–H groups in total. The lowest BCUT2D eigenvalue weighted by Gasteiger charge is -2.06. The maximum absolute atomic E-state index is 9.31. The van der Waals surface area contributed by atoms with Crippen molar-refractivity contribution in [1.29, 1.82) is 5.41 Å². The number of hydrogen-bond acceptors (Lipinski definition) is 4. The Labute approximate surface area is 75.9 Å². The van der Waals surface area contributed by atoms with Gasteiger partial charge in [-0.3, -0.25) is 5.41 Å². The molecule has 0 aliphatic heterocycles. The van der Waals surface area contributed by atoms with Gasteiger partial charge in [-0.15, -0.1) is 0 Å². The first kappa shape index (κ1) is 9.38. The van der Waals surface area contributed by atoms with Crippen LogP contribution in [0.3, 0.4) is 0 Å². The Kier molecular flexibility index (Phi) is 2.74. The molecule has 1 aromatic carbocycles. The van der Waals surface area contributed by atoms with Crippen LogP contribution in [0.4, 0.5) is 0 Å². The van der Waals surface area contributed by atoms with E-state index < -0.39 is 0 Å². The normalized spacial score (nSPS) is 9.62. The number of benzene rings is 1. The summed E-state index contributed by atoms with van der Waals surface area (Å²) >= 11 is 0. The number of phenolic OH excluding ortho intramolecular Hbond substituents is 2. The molecule has 0 aliphatic carbocycles. The fourth-order valence-electron chi connectivity index (χ4n) is 0.934. The summed E-state index contributed by atoms with van der Waals surface area (Å²) in [6, 6.07) is 3.99. The van der Waals surface area contributed by atoms with Gasteiger partial charge in [0.15, 0.2) is 0 Å². The van der Waals surface area contributed by atoms with Crippen molar-refractivity contribution >= 4 is 5.90 Å². The first-order chi connectivity index (χ1) is 6.15. The molecule has 0 heterocycles. The van der Waals surface area contributed by atoms with Crippen molar-refractivity contribution in [1.82, 2.24) is 0 Å². The second-order valence-corrected chi connectivity index (χ2v) is 2.46. The fraction of sp³-hybridized carbons (Fsp3) is 0.222. The molecule has 0 unspecified atom stereocenters. The zero-order chi connectivity index (χ0) is 9.84. The third kappa shape index (κ3) is 2.11. The summed E-state index contributed by atoms with van der Waals surface area (Å²) in [7, 11) is 0. The molecule has 0 fully saturated rings. The van der Waals surface area contributed by atoms with Crippen LogP contribution in [-0.4, -0.2) is 22.7 Å². The van der Waals surface area contributed by atoms with Crippen LogP contribution >= 0.6 is 0 Å². The maximum atomic E-state index is 9.31. The highest BCUT2D eigenvalue weighted by Gasteiger charge is 2.08. The van der Waals surface area contributed by atoms with Crippen LogP contribution in [0.15, 0.2) is 18.2 Å². The molecule has 1 aromatic rings. The van der Waals surface area contributed by atoms with Crippen LogP contribution in [0.25, 0.3) is 0 Å². The first-order valence-corrected chi connectivity index (χ1v) is 3.89. The molecule has 4 heteroatoms. The highest BCUT2D eigenvalue weighted by Crippen LogP contribution is 2.22. The van der Waals surface area contributed by atoms with Gasteiger partial charge in [0.1, 0.15) is 11.5 Å². The minimum atomic E-state index is -0.154. The number of phenols is 2. The van der Waals surface area contributed by atoms with E-state index in [-0.39, 0.29) is 23.0 Å². The standard InChI is InChI=1S/C9H11NO3/c1-2-13-9(10)7-4-3-6(11)5-8(7)12/h3-5,10-12H,2H2,1H3. The number of ether oxygens (including phenoxy) is 1. The Morgan fingerprint density at radius 1 is 1.46 bits per heavy atom. The van der Waals surface area contributed by atoms with E-state index in [2.05, 4.69) is 0 Å². The lowest BCUT2D eigenvalue weighted by atomic mass is 10.2. The summed E-state index contributed by atoms with van der Waals surface area (Å²) in [5.41, 5.74) is 0.277. The summed E-state index contributed by atoms with van der Waals surface area (Å²) in [4.78, 5) is 0. The largest absolute Gasteiger partial charge is 0.508 e. The molecule has 70 valence electrons. The van der Waals surface area contributed by atoms with Gasteiger partial charge in [0.05, 0.1) is 12.2 Å². The van der Waals surface area contributed by atoms with Gasteiger partial charge in [-0.1, -0.05) is 0 Å². The van der Waals surface area contributed by atoms with Crippen molar-refractivity contribution in [3.8, 4) is 11.5 Å². The monoisotopic (exact) mass is 181 g/mol. The predicted molar refractivity (Wildman–Crippen MR) is 48.2 cm³/mol. The molecule has 0 aliphatic rings. The fourth-order valence-corrected chi connectivity index (χ4v) is 0.934. The molecule has 0 aromatic heterocycles. The van der Waals surface area contributed by atoms with Gasteiger partial charge >= 0.3 is 0 Å². The van der Waals surface area contributed by atoms with Crippen molar-refractivity contribution in [3.05, 3.63) is 23.8 Å². The minimum absolute atomic E-state index is 0.0365. The second-order valence-electron chi connectivity index (χ2n) is 2.46. The molecule has 4 nitrogen and oxygen atoms in total. The van der Waals surface area contributed by atoms with Crippen LogP contribution in [0.2, 0.25) is 0 Å². The topological polar surface area (TPSA) is 73.5 Å². The molecule has 0 saturated carbocycles. The number of nitrogens with one attached hydrogen (secondary N) is 1. The van der Waals surface area contributed by atoms with Crippen molar-refractivity contribution in [3.63, 3.8) is 0 Å². The predicted octanol–water partition coefficient (Wildman–Crippen LogP) is 1.46. The molecular weight excluding hydrogens is 170 g/mol. The van der Waals surface area contributed by atoms with Crippen LogP contribution < -0.4 is 0 Å². The third-order valence-electron chi connectivity index (χ3n) is 1.51. The Balaban J connectivity index is 2.95. The quantitative estimate of drug-likeness (QED) is 0.477. The van der Waals surface area contributed by atoms with Gasteiger partial charge in [-0.05, 0) is 19.1 Å². The van der Waals surface area contributed by atoms with Crippen LogP contribution in [-0.2, 0) is 4.74 Å². The van der Waals surface area contributed by atoms with E-state index in [1.165, 1.54) is 18.2 Å². The highest BCUT2D eigenvalue weighted by atomic mass is 16.5. The van der Waals surface area contributed by atoms with E-state index in [1.54, 1.807) is 6.92 Å². The maximum Gasteiger partial charge on any atom is 0.217 e. The first-order valence-electron chi connectivity index (χ1n) is 3.89. The van der Waals surface area contributed by atoms with Crippen molar-refractivity contribution in [2.24, 2.45) is 0 Å². The Bertz CT molecular complexity index is 323. The second kappa shape index (κ2) is 3.80. The average Bonchev–Trinajstić information content (AvgIpc) is 2.04. The molecule has 0 radical (unpaired) electrons. The molecule has 0 bridgehead atoms. The van der Waals surface area contributed by atoms with E-state index >= 15 is 0 Å². The van der Waals surface area contributed by atoms with E-state index in [4.69, 9.17) is 15.3 Å². The van der Waals surface area contributed by atoms with Gasteiger partial charge < -0.3 is 14.9 Å². The van der Waals surface area contributed by atoms with E-state index in [0.29, 0.717) is 6.61 Å². The molecule has 0 atom stereocenters. The zero-order valence-corrected chi connectivity index (χ0v) is 7.24. The molecule has 1 rings (SSSR count). The Morgan fingerprint density at radius 2 is 2.15 bits per heavy atom. The lowest BCUT2D eigenvalue weighted by molar-refractivity contribution is 0.323. The van der Waals surface area contributed by atoms with Crippen LogP contribution in [0, 0.1) is 5.41 Å². The Morgan fingerprint density at radius 3 is 2.69 bits per heavy atom. The van der Waals surface area contributed by atoms with Gasteiger partial charge in [-0.25, -0.2) is 0 Å². The molecule has 0 spiro atoms. The average molecular weight is 181 g/mol. The number of hydrogen-bond donors (Lipinski definition) is 3. The lowest BCUT2D eigenvalue weighted by Crippen LogP contribution is -2.04. The van der Waals surface area contributed by atoms with Gasteiger partial charge in [0, 0.05) is 6.07 Å². The summed E-state index contributed by atoms with van der Waals surface area (Å²) < 4.78 is 4.89. The van der Waals surface area contributed by atoms with Gasteiger partial charge in [0.25, 0.3) is 0 Å². The minimum Gasteiger partial charge on any atom is -0.508 e. The van der Waals surface area contributed by atoms with Gasteiger partial charge in [0.2, 0.25) is 5.90 Å². The van der Waals surface area contributed by atoms with Crippen molar-refractivity contribution in [2.75, 3.05) is 6.61 Å². The van der Waals surface area contributed by atoms with Gasteiger partial charge in [-0.2, -0.15) is 0 Å². The highest BCUT2D eigenvalue weighted by molar-refractivity contribution is 5.94. The zero-order valence-electron chi connectivity index (χ0n) is 7.24. The van der Waals surface area contributed by atoms with E-state index in [9.17, 15) is 5.11 Å². The SMILES string of the molecule is CCOC(=N)c1ccc(O)cc1O. The smallest absolute Gasteiger partial charge is 0.217 e. The molecule has 0 amide bonds. The number of rotatable bonds is 2. The molecular formula is C9H11NO3. The molecule has 13 heavy (non-hydrogen) atoms. The number of aromatic hydroxyl groups is 2. The van der Waals surface area contributed by atoms with Crippen molar-refractivity contribution < 1.29 is 14.9 Å². The summed E-state index contributed by atoms with van der Waals surface area (Å²) in [6.45, 7) is 2.13. The Hall–Kier alpha value is -1.71. The molecule has 0 saturated heterocycles. The third-order valence-corrected chi connectivity index (χ3v) is 1.51. The van der Waals surface area contributed by atoms with E-state index in [0.717, 1.165) is 0 Å². The summed E-state index contributed by atoms with van der Waals surface area (Å²) in [5.74, 6) is -0.288.